The Morgan fingerprint density at radius 3 is 2.58 bits per heavy atom. The molecular weight excluding hydrogens is 481 g/mol. The molecule has 0 aliphatic heterocycles. The summed E-state index contributed by atoms with van der Waals surface area (Å²) >= 11 is 19.2. The summed E-state index contributed by atoms with van der Waals surface area (Å²) < 4.78 is 7.24. The molecule has 7 nitrogen and oxygen atoms in total. The lowest BCUT2D eigenvalue weighted by Crippen LogP contribution is -2.18. The number of carbonyl (C=O) groups excluding carboxylic acids is 1. The summed E-state index contributed by atoms with van der Waals surface area (Å²) in [5.41, 5.74) is 1.58. The Morgan fingerprint density at radius 2 is 1.81 bits per heavy atom. The number of amides is 1. The first kappa shape index (κ1) is 21.7. The summed E-state index contributed by atoms with van der Waals surface area (Å²) in [5.74, 6) is 0.761. The molecule has 158 valence electrons. The van der Waals surface area contributed by atoms with Gasteiger partial charge in [-0.2, -0.15) is 5.10 Å². The van der Waals surface area contributed by atoms with Crippen LogP contribution < -0.4 is 5.32 Å². The molecule has 0 radical (unpaired) electrons. The van der Waals surface area contributed by atoms with Crippen molar-refractivity contribution >= 4 is 58.3 Å². The van der Waals surface area contributed by atoms with E-state index in [1.807, 2.05) is 6.07 Å². The lowest BCUT2D eigenvalue weighted by Gasteiger charge is -2.10. The smallest absolute Gasteiger partial charge is 0.277 e. The van der Waals surface area contributed by atoms with Crippen LogP contribution in [0.4, 0.5) is 5.82 Å². The average molecular weight is 495 g/mol. The number of hydrogen-bond acceptors (Lipinski definition) is 6. The van der Waals surface area contributed by atoms with Gasteiger partial charge in [-0.25, -0.2) is 4.68 Å². The number of thioether (sulfide) groups is 1. The normalized spacial score (nSPS) is 10.9. The lowest BCUT2D eigenvalue weighted by atomic mass is 10.2. The summed E-state index contributed by atoms with van der Waals surface area (Å²) in [4.78, 5) is 12.4. The van der Waals surface area contributed by atoms with Gasteiger partial charge in [0.2, 0.25) is 11.8 Å². The molecule has 11 heteroatoms. The summed E-state index contributed by atoms with van der Waals surface area (Å²) in [5, 5.41) is 17.0. The molecule has 4 aromatic rings. The monoisotopic (exact) mass is 493 g/mol. The second kappa shape index (κ2) is 9.74. The van der Waals surface area contributed by atoms with Crippen LogP contribution in [0.15, 0.2) is 64.4 Å². The van der Waals surface area contributed by atoms with Crippen molar-refractivity contribution in [3.63, 3.8) is 0 Å². The fraction of sp³-hybridized carbons (Fsp3) is 0.100. The second-order valence-electron chi connectivity index (χ2n) is 6.33. The molecule has 2 aromatic heterocycles. The van der Waals surface area contributed by atoms with E-state index in [9.17, 15) is 4.79 Å². The van der Waals surface area contributed by atoms with Crippen LogP contribution in [0.3, 0.4) is 0 Å². The number of rotatable bonds is 7. The quantitative estimate of drug-likeness (QED) is 0.333. The topological polar surface area (TPSA) is 85.8 Å². The van der Waals surface area contributed by atoms with E-state index in [0.717, 1.165) is 22.9 Å². The van der Waals surface area contributed by atoms with Crippen molar-refractivity contribution in [1.82, 2.24) is 20.0 Å². The zero-order valence-corrected chi connectivity index (χ0v) is 18.8. The summed E-state index contributed by atoms with van der Waals surface area (Å²) in [6.07, 6.45) is 1.60. The molecule has 31 heavy (non-hydrogen) atoms. The van der Waals surface area contributed by atoms with Gasteiger partial charge < -0.3 is 9.73 Å². The third-order valence-corrected chi connectivity index (χ3v) is 5.80. The van der Waals surface area contributed by atoms with E-state index in [4.69, 9.17) is 39.2 Å². The van der Waals surface area contributed by atoms with Gasteiger partial charge in [0.05, 0.1) is 18.5 Å². The van der Waals surface area contributed by atoms with Crippen LogP contribution in [-0.2, 0) is 11.3 Å². The van der Waals surface area contributed by atoms with Crippen molar-refractivity contribution in [3.05, 3.63) is 75.4 Å². The van der Waals surface area contributed by atoms with Crippen molar-refractivity contribution in [3.8, 4) is 11.5 Å². The van der Waals surface area contributed by atoms with Crippen LogP contribution >= 0.6 is 46.6 Å². The molecule has 0 aliphatic carbocycles. The Labute approximate surface area is 196 Å². The fourth-order valence-corrected chi connectivity index (χ4v) is 3.82. The minimum Gasteiger partial charge on any atom is -0.411 e. The molecule has 4 rings (SSSR count). The number of aromatic nitrogens is 4. The van der Waals surface area contributed by atoms with Crippen LogP contribution in [0.2, 0.25) is 15.1 Å². The molecule has 0 bridgehead atoms. The van der Waals surface area contributed by atoms with Crippen LogP contribution in [-0.4, -0.2) is 31.6 Å². The maximum absolute atomic E-state index is 12.4. The highest BCUT2D eigenvalue weighted by atomic mass is 35.5. The van der Waals surface area contributed by atoms with Crippen molar-refractivity contribution in [1.29, 1.82) is 0 Å². The molecular formula is C20H14Cl3N5O2S. The van der Waals surface area contributed by atoms with Crippen molar-refractivity contribution in [2.24, 2.45) is 0 Å². The number of hydrogen-bond donors (Lipinski definition) is 1. The van der Waals surface area contributed by atoms with Crippen molar-refractivity contribution in [2.45, 2.75) is 11.8 Å². The highest BCUT2D eigenvalue weighted by Gasteiger charge is 2.13. The SMILES string of the molecule is O=C(CSc1nnc(-c2ccc(Cl)cc2)o1)Nc1ccnn1Cc1ccc(Cl)cc1Cl. The lowest BCUT2D eigenvalue weighted by molar-refractivity contribution is -0.113. The molecule has 0 spiro atoms. The Hall–Kier alpha value is -2.52. The van der Waals surface area contributed by atoms with Gasteiger partial charge in [0, 0.05) is 26.7 Å². The molecule has 0 saturated carbocycles. The van der Waals surface area contributed by atoms with Gasteiger partial charge in [0.15, 0.2) is 0 Å². The summed E-state index contributed by atoms with van der Waals surface area (Å²) in [6, 6.07) is 14.0. The number of halogens is 3. The number of benzene rings is 2. The first-order chi connectivity index (χ1) is 15.0. The zero-order chi connectivity index (χ0) is 21.8. The molecule has 0 aliphatic rings. The van der Waals surface area contributed by atoms with E-state index < -0.39 is 0 Å². The van der Waals surface area contributed by atoms with Crippen LogP contribution in [0.25, 0.3) is 11.5 Å². The second-order valence-corrected chi connectivity index (χ2v) is 8.53. The largest absolute Gasteiger partial charge is 0.411 e. The fourth-order valence-electron chi connectivity index (χ4n) is 2.66. The van der Waals surface area contributed by atoms with E-state index in [-0.39, 0.29) is 11.7 Å². The molecule has 0 atom stereocenters. The third kappa shape index (κ3) is 5.59. The summed E-state index contributed by atoms with van der Waals surface area (Å²) in [6.45, 7) is 0.389. The van der Waals surface area contributed by atoms with Gasteiger partial charge in [-0.3, -0.25) is 4.79 Å². The number of anilines is 1. The average Bonchev–Trinajstić information content (AvgIpc) is 3.39. The third-order valence-electron chi connectivity index (χ3n) is 4.14. The van der Waals surface area contributed by atoms with E-state index in [1.165, 1.54) is 0 Å². The number of nitrogens with one attached hydrogen (secondary N) is 1. The van der Waals surface area contributed by atoms with Gasteiger partial charge in [0.1, 0.15) is 5.82 Å². The van der Waals surface area contributed by atoms with E-state index >= 15 is 0 Å². The molecule has 0 saturated heterocycles. The van der Waals surface area contributed by atoms with Gasteiger partial charge in [-0.1, -0.05) is 52.6 Å². The predicted molar refractivity (Wildman–Crippen MR) is 122 cm³/mol. The molecule has 1 amide bonds. The zero-order valence-electron chi connectivity index (χ0n) is 15.8. The Bertz CT molecular complexity index is 1210. The highest BCUT2D eigenvalue weighted by Crippen LogP contribution is 2.25. The molecule has 2 heterocycles. The Kier molecular flexibility index (Phi) is 6.82. The minimum atomic E-state index is -0.236. The first-order valence-electron chi connectivity index (χ1n) is 8.96. The van der Waals surface area contributed by atoms with Gasteiger partial charge >= 0.3 is 0 Å². The Morgan fingerprint density at radius 1 is 1.03 bits per heavy atom. The van der Waals surface area contributed by atoms with E-state index in [2.05, 4.69) is 20.6 Å². The standard InChI is InChI=1S/C20H14Cl3N5O2S/c21-14-4-1-12(2-5-14)19-26-27-20(30-19)31-11-18(29)25-17-7-8-24-28(17)10-13-3-6-15(22)9-16(13)23/h1-9H,10-11H2,(H,25,29). The van der Waals surface area contributed by atoms with Crippen LogP contribution in [0.1, 0.15) is 5.56 Å². The molecule has 2 aromatic carbocycles. The molecule has 1 N–H and O–H groups in total. The van der Waals surface area contributed by atoms with Gasteiger partial charge in [-0.15, -0.1) is 10.2 Å². The molecule has 0 unspecified atom stereocenters. The van der Waals surface area contributed by atoms with Gasteiger partial charge in [-0.05, 0) is 42.0 Å². The minimum absolute atomic E-state index is 0.0924. The van der Waals surface area contributed by atoms with Crippen molar-refractivity contribution < 1.29 is 9.21 Å². The predicted octanol–water partition coefficient (Wildman–Crippen LogP) is 5.67. The highest BCUT2D eigenvalue weighted by molar-refractivity contribution is 7.99. The maximum atomic E-state index is 12.4. The van der Waals surface area contributed by atoms with E-state index in [0.29, 0.717) is 38.5 Å². The van der Waals surface area contributed by atoms with Gasteiger partial charge in [0.25, 0.3) is 5.22 Å². The van der Waals surface area contributed by atoms with E-state index in [1.54, 1.807) is 53.3 Å². The number of carbonyl (C=O) groups is 1. The first-order valence-corrected chi connectivity index (χ1v) is 11.1. The Balaban J connectivity index is 1.35. The van der Waals surface area contributed by atoms with Crippen LogP contribution in [0.5, 0.6) is 0 Å². The molecule has 0 fully saturated rings. The van der Waals surface area contributed by atoms with Crippen molar-refractivity contribution in [2.75, 3.05) is 11.1 Å². The van der Waals surface area contributed by atoms with Crippen LogP contribution in [0, 0.1) is 0 Å². The summed E-state index contributed by atoms with van der Waals surface area (Å²) in [7, 11) is 0. The number of nitrogens with zero attached hydrogens (tertiary/aromatic N) is 4. The maximum Gasteiger partial charge on any atom is 0.277 e.